The smallest absolute Gasteiger partial charge is 0.224 e. The molecule has 7 heteroatoms. The lowest BCUT2D eigenvalue weighted by Crippen LogP contribution is -2.45. The first-order chi connectivity index (χ1) is 13.7. The maximum atomic E-state index is 6.07. The van der Waals surface area contributed by atoms with Gasteiger partial charge in [0.05, 0.1) is 5.69 Å². The highest BCUT2D eigenvalue weighted by Gasteiger charge is 2.13. The Labute approximate surface area is 170 Å². The third kappa shape index (κ3) is 4.70. The molecule has 1 aromatic carbocycles. The average molecular weight is 399 g/mol. The Balaban J connectivity index is 1.27. The maximum absolute atomic E-state index is 6.07. The Bertz CT molecular complexity index is 899. The summed E-state index contributed by atoms with van der Waals surface area (Å²) in [6.45, 7) is 7.87. The molecule has 1 fully saturated rings. The SMILES string of the molecule is CN1CCN(CCCNCc2ccc(-c3nc(Cl)nc4[nH]ccc34)cc2)CC1. The van der Waals surface area contributed by atoms with Crippen molar-refractivity contribution >= 4 is 22.6 Å². The zero-order valence-corrected chi connectivity index (χ0v) is 17.0. The summed E-state index contributed by atoms with van der Waals surface area (Å²) in [4.78, 5) is 16.7. The lowest BCUT2D eigenvalue weighted by atomic mass is 10.1. The summed E-state index contributed by atoms with van der Waals surface area (Å²) in [5, 5.41) is 4.80. The molecule has 3 heterocycles. The van der Waals surface area contributed by atoms with Crippen molar-refractivity contribution in [1.29, 1.82) is 0 Å². The van der Waals surface area contributed by atoms with E-state index < -0.39 is 0 Å². The summed E-state index contributed by atoms with van der Waals surface area (Å²) in [5.41, 5.74) is 3.95. The van der Waals surface area contributed by atoms with Crippen LogP contribution in [0.15, 0.2) is 36.5 Å². The van der Waals surface area contributed by atoms with E-state index in [4.69, 9.17) is 11.6 Å². The van der Waals surface area contributed by atoms with Crippen LogP contribution in [0.25, 0.3) is 22.3 Å². The predicted molar refractivity (Wildman–Crippen MR) is 115 cm³/mol. The third-order valence-electron chi connectivity index (χ3n) is 5.37. The fourth-order valence-electron chi connectivity index (χ4n) is 3.65. The van der Waals surface area contributed by atoms with Crippen molar-refractivity contribution in [2.24, 2.45) is 0 Å². The van der Waals surface area contributed by atoms with Crippen molar-refractivity contribution < 1.29 is 0 Å². The first-order valence-electron chi connectivity index (χ1n) is 9.90. The minimum Gasteiger partial charge on any atom is -0.346 e. The van der Waals surface area contributed by atoms with Crippen molar-refractivity contribution in [2.75, 3.05) is 46.3 Å². The van der Waals surface area contributed by atoms with Crippen molar-refractivity contribution in [3.05, 3.63) is 47.4 Å². The largest absolute Gasteiger partial charge is 0.346 e. The highest BCUT2D eigenvalue weighted by atomic mass is 35.5. The number of aromatic nitrogens is 3. The van der Waals surface area contributed by atoms with Crippen LogP contribution in [-0.4, -0.2) is 71.1 Å². The van der Waals surface area contributed by atoms with E-state index in [0.29, 0.717) is 0 Å². The Morgan fingerprint density at radius 3 is 2.64 bits per heavy atom. The summed E-state index contributed by atoms with van der Waals surface area (Å²) >= 11 is 6.07. The van der Waals surface area contributed by atoms with E-state index in [1.54, 1.807) is 0 Å². The molecule has 2 N–H and O–H groups in total. The van der Waals surface area contributed by atoms with Crippen LogP contribution in [-0.2, 0) is 6.54 Å². The molecule has 0 aliphatic carbocycles. The van der Waals surface area contributed by atoms with Crippen LogP contribution < -0.4 is 5.32 Å². The fraction of sp³-hybridized carbons (Fsp3) is 0.429. The normalized spacial score (nSPS) is 16.1. The van der Waals surface area contributed by atoms with E-state index in [9.17, 15) is 0 Å². The number of aromatic amines is 1. The lowest BCUT2D eigenvalue weighted by Gasteiger charge is -2.32. The minimum atomic E-state index is 0.260. The molecular weight excluding hydrogens is 372 g/mol. The van der Waals surface area contributed by atoms with Crippen LogP contribution >= 0.6 is 11.6 Å². The number of piperazine rings is 1. The Morgan fingerprint density at radius 1 is 1.07 bits per heavy atom. The lowest BCUT2D eigenvalue weighted by molar-refractivity contribution is 0.153. The van der Waals surface area contributed by atoms with Gasteiger partial charge in [0, 0.05) is 49.9 Å². The van der Waals surface area contributed by atoms with Crippen molar-refractivity contribution in [3.63, 3.8) is 0 Å². The molecule has 28 heavy (non-hydrogen) atoms. The van der Waals surface area contributed by atoms with Crippen LogP contribution in [0.1, 0.15) is 12.0 Å². The summed E-state index contributed by atoms with van der Waals surface area (Å²) in [6.07, 6.45) is 3.05. The molecule has 2 aromatic heterocycles. The van der Waals surface area contributed by atoms with E-state index in [1.807, 2.05) is 12.3 Å². The first-order valence-corrected chi connectivity index (χ1v) is 10.3. The second-order valence-electron chi connectivity index (χ2n) is 7.45. The molecule has 0 amide bonds. The van der Waals surface area contributed by atoms with Gasteiger partial charge >= 0.3 is 0 Å². The molecule has 148 valence electrons. The number of nitrogens with one attached hydrogen (secondary N) is 2. The average Bonchev–Trinajstić information content (AvgIpc) is 3.17. The minimum absolute atomic E-state index is 0.260. The van der Waals surface area contributed by atoms with Crippen LogP contribution in [0, 0.1) is 0 Å². The number of likely N-dealkylation sites (N-methyl/N-ethyl adjacent to an activating group) is 1. The Morgan fingerprint density at radius 2 is 1.86 bits per heavy atom. The molecule has 0 radical (unpaired) electrons. The Hall–Kier alpha value is -1.99. The number of fused-ring (bicyclic) bond motifs is 1. The van der Waals surface area contributed by atoms with Gasteiger partial charge in [-0.05, 0) is 49.8 Å². The molecule has 0 saturated carbocycles. The second-order valence-corrected chi connectivity index (χ2v) is 7.79. The number of benzene rings is 1. The number of hydrogen-bond donors (Lipinski definition) is 2. The summed E-state index contributed by atoms with van der Waals surface area (Å²) in [5.74, 6) is 0. The van der Waals surface area contributed by atoms with Gasteiger partial charge in [-0.2, -0.15) is 4.98 Å². The van der Waals surface area contributed by atoms with Gasteiger partial charge in [-0.1, -0.05) is 24.3 Å². The summed E-state index contributed by atoms with van der Waals surface area (Å²) in [7, 11) is 2.20. The predicted octanol–water partition coefficient (Wildman–Crippen LogP) is 3.01. The van der Waals surface area contributed by atoms with Crippen LogP contribution in [0.4, 0.5) is 0 Å². The van der Waals surface area contributed by atoms with Gasteiger partial charge in [-0.25, -0.2) is 4.98 Å². The van der Waals surface area contributed by atoms with E-state index in [-0.39, 0.29) is 5.28 Å². The van der Waals surface area contributed by atoms with Crippen LogP contribution in [0.5, 0.6) is 0 Å². The molecule has 1 aliphatic heterocycles. The molecule has 0 spiro atoms. The number of H-pyrrole nitrogens is 1. The quantitative estimate of drug-likeness (QED) is 0.473. The Kier molecular flexibility index (Phi) is 6.22. The molecular formula is C21H27ClN6. The van der Waals surface area contributed by atoms with E-state index in [1.165, 1.54) is 44.7 Å². The maximum Gasteiger partial charge on any atom is 0.224 e. The summed E-state index contributed by atoms with van der Waals surface area (Å²) < 4.78 is 0. The topological polar surface area (TPSA) is 60.1 Å². The molecule has 0 bridgehead atoms. The number of rotatable bonds is 7. The molecule has 3 aromatic rings. The van der Waals surface area contributed by atoms with Crippen molar-refractivity contribution in [1.82, 2.24) is 30.1 Å². The highest BCUT2D eigenvalue weighted by Crippen LogP contribution is 2.27. The van der Waals surface area contributed by atoms with Gasteiger partial charge < -0.3 is 20.1 Å². The van der Waals surface area contributed by atoms with E-state index >= 15 is 0 Å². The molecule has 1 saturated heterocycles. The fourth-order valence-corrected chi connectivity index (χ4v) is 3.82. The molecule has 4 rings (SSSR count). The van der Waals surface area contributed by atoms with Crippen LogP contribution in [0.3, 0.4) is 0 Å². The standard InChI is InChI=1S/C21H27ClN6/c1-27-11-13-28(14-12-27)10-2-8-23-15-16-3-5-17(6-4-16)19-18-7-9-24-20(18)26-21(22)25-19/h3-7,9,23H,2,8,10-15H2,1H3,(H,24,25,26). The van der Waals surface area contributed by atoms with Gasteiger partial charge in [-0.15, -0.1) is 0 Å². The van der Waals surface area contributed by atoms with Gasteiger partial charge in [0.15, 0.2) is 0 Å². The van der Waals surface area contributed by atoms with Gasteiger partial charge in [0.1, 0.15) is 5.65 Å². The highest BCUT2D eigenvalue weighted by molar-refractivity contribution is 6.28. The number of nitrogens with zero attached hydrogens (tertiary/aromatic N) is 4. The van der Waals surface area contributed by atoms with Crippen molar-refractivity contribution in [3.8, 4) is 11.3 Å². The van der Waals surface area contributed by atoms with E-state index in [2.05, 4.69) is 61.4 Å². The van der Waals surface area contributed by atoms with Gasteiger partial charge in [-0.3, -0.25) is 0 Å². The number of hydrogen-bond acceptors (Lipinski definition) is 5. The van der Waals surface area contributed by atoms with Crippen molar-refractivity contribution in [2.45, 2.75) is 13.0 Å². The molecule has 6 nitrogen and oxygen atoms in total. The van der Waals surface area contributed by atoms with Crippen LogP contribution in [0.2, 0.25) is 5.28 Å². The zero-order chi connectivity index (χ0) is 19.3. The molecule has 0 atom stereocenters. The van der Waals surface area contributed by atoms with E-state index in [0.717, 1.165) is 35.4 Å². The first kappa shape index (κ1) is 19.3. The monoisotopic (exact) mass is 398 g/mol. The summed E-state index contributed by atoms with van der Waals surface area (Å²) in [6, 6.07) is 10.5. The van der Waals surface area contributed by atoms with Gasteiger partial charge in [0.25, 0.3) is 0 Å². The van der Waals surface area contributed by atoms with Gasteiger partial charge in [0.2, 0.25) is 5.28 Å². The molecule has 0 unspecified atom stereocenters. The third-order valence-corrected chi connectivity index (χ3v) is 5.54. The second kappa shape index (κ2) is 9.01. The number of halogens is 1. The zero-order valence-electron chi connectivity index (χ0n) is 16.3. The molecule has 1 aliphatic rings.